The van der Waals surface area contributed by atoms with E-state index in [1.54, 1.807) is 6.33 Å². The van der Waals surface area contributed by atoms with E-state index in [1.807, 2.05) is 4.57 Å². The zero-order valence-corrected chi connectivity index (χ0v) is 11.4. The van der Waals surface area contributed by atoms with Crippen molar-refractivity contribution in [1.82, 2.24) is 24.4 Å². The van der Waals surface area contributed by atoms with Gasteiger partial charge in [-0.25, -0.2) is 8.42 Å². The lowest BCUT2D eigenvalue weighted by Gasteiger charge is -2.26. The van der Waals surface area contributed by atoms with Crippen LogP contribution in [-0.4, -0.2) is 52.9 Å². The first-order chi connectivity index (χ1) is 8.63. The molecule has 7 nitrogen and oxygen atoms in total. The second-order valence-electron chi connectivity index (χ2n) is 4.34. The van der Waals surface area contributed by atoms with Crippen LogP contribution in [0.4, 0.5) is 0 Å². The van der Waals surface area contributed by atoms with Crippen molar-refractivity contribution in [3.05, 3.63) is 12.2 Å². The Morgan fingerprint density at radius 2 is 2.22 bits per heavy atom. The number of nitrogens with zero attached hydrogens (tertiary/aromatic N) is 4. The van der Waals surface area contributed by atoms with Gasteiger partial charge >= 0.3 is 0 Å². The second kappa shape index (κ2) is 5.77. The van der Waals surface area contributed by atoms with Crippen molar-refractivity contribution >= 4 is 10.0 Å². The monoisotopic (exact) mass is 273 g/mol. The molecule has 0 saturated heterocycles. The van der Waals surface area contributed by atoms with Crippen molar-refractivity contribution in [2.24, 2.45) is 0 Å². The fourth-order valence-electron chi connectivity index (χ4n) is 1.91. The molecule has 18 heavy (non-hydrogen) atoms. The maximum Gasteiger partial charge on any atom is 0.215 e. The molecule has 0 spiro atoms. The van der Waals surface area contributed by atoms with Gasteiger partial charge in [0.15, 0.2) is 0 Å². The van der Waals surface area contributed by atoms with Crippen LogP contribution in [0.2, 0.25) is 0 Å². The van der Waals surface area contributed by atoms with Gasteiger partial charge in [-0.15, -0.1) is 10.2 Å². The SMILES string of the molecule is CCCNCCS(=O)(=O)N1CCn2cnnc2C1. The Hall–Kier alpha value is -0.990. The molecule has 0 fully saturated rings. The van der Waals surface area contributed by atoms with Crippen molar-refractivity contribution in [2.45, 2.75) is 26.4 Å². The molecule has 0 bridgehead atoms. The molecule has 1 aromatic heterocycles. The summed E-state index contributed by atoms with van der Waals surface area (Å²) in [7, 11) is -3.19. The maximum absolute atomic E-state index is 12.1. The molecule has 0 saturated carbocycles. The molecule has 0 atom stereocenters. The zero-order chi connectivity index (χ0) is 13.0. The van der Waals surface area contributed by atoms with E-state index in [0.717, 1.165) is 13.0 Å². The van der Waals surface area contributed by atoms with Gasteiger partial charge in [-0.2, -0.15) is 4.31 Å². The van der Waals surface area contributed by atoms with E-state index in [0.29, 0.717) is 32.0 Å². The molecular formula is C10H19N5O2S. The van der Waals surface area contributed by atoms with Crippen LogP contribution in [0.25, 0.3) is 0 Å². The van der Waals surface area contributed by atoms with Gasteiger partial charge in [0, 0.05) is 19.6 Å². The Labute approximate surface area is 107 Å². The molecule has 0 aliphatic carbocycles. The summed E-state index contributed by atoms with van der Waals surface area (Å²) >= 11 is 0. The lowest BCUT2D eigenvalue weighted by atomic mass is 10.4. The Kier molecular flexibility index (Phi) is 4.31. The standard InChI is InChI=1S/C10H19N5O2S/c1-2-3-11-4-7-18(16,17)15-6-5-14-9-12-13-10(14)8-15/h9,11H,2-8H2,1H3. The van der Waals surface area contributed by atoms with Gasteiger partial charge in [0.05, 0.1) is 12.3 Å². The Balaban J connectivity index is 1.91. The van der Waals surface area contributed by atoms with Crippen LogP contribution >= 0.6 is 0 Å². The van der Waals surface area contributed by atoms with Gasteiger partial charge in [-0.3, -0.25) is 0 Å². The number of sulfonamides is 1. The topological polar surface area (TPSA) is 80.1 Å². The predicted octanol–water partition coefficient (Wildman–Crippen LogP) is -0.577. The third-order valence-electron chi connectivity index (χ3n) is 2.96. The van der Waals surface area contributed by atoms with Crippen LogP contribution in [0.15, 0.2) is 6.33 Å². The molecule has 102 valence electrons. The largest absolute Gasteiger partial charge is 0.316 e. The molecule has 0 amide bonds. The highest BCUT2D eigenvalue weighted by Crippen LogP contribution is 2.13. The molecule has 0 aromatic carbocycles. The molecule has 0 radical (unpaired) electrons. The Morgan fingerprint density at radius 3 is 3.00 bits per heavy atom. The number of aromatic nitrogens is 3. The molecule has 1 aromatic rings. The molecule has 1 N–H and O–H groups in total. The highest BCUT2D eigenvalue weighted by Gasteiger charge is 2.27. The van der Waals surface area contributed by atoms with Gasteiger partial charge in [-0.05, 0) is 13.0 Å². The van der Waals surface area contributed by atoms with Crippen molar-refractivity contribution in [3.63, 3.8) is 0 Å². The van der Waals surface area contributed by atoms with Crippen LogP contribution in [0.5, 0.6) is 0 Å². The van der Waals surface area contributed by atoms with Gasteiger partial charge in [0.25, 0.3) is 0 Å². The third-order valence-corrected chi connectivity index (χ3v) is 4.78. The molecule has 2 heterocycles. The number of fused-ring (bicyclic) bond motifs is 1. The van der Waals surface area contributed by atoms with Gasteiger partial charge < -0.3 is 9.88 Å². The maximum atomic E-state index is 12.1. The van der Waals surface area contributed by atoms with Crippen molar-refractivity contribution in [2.75, 3.05) is 25.4 Å². The van der Waals surface area contributed by atoms with Gasteiger partial charge in [0.1, 0.15) is 12.2 Å². The van der Waals surface area contributed by atoms with Crippen LogP contribution in [0.3, 0.4) is 0 Å². The zero-order valence-electron chi connectivity index (χ0n) is 10.5. The number of hydrogen-bond acceptors (Lipinski definition) is 5. The minimum Gasteiger partial charge on any atom is -0.316 e. The highest BCUT2D eigenvalue weighted by atomic mass is 32.2. The van der Waals surface area contributed by atoms with Crippen LogP contribution in [0.1, 0.15) is 19.2 Å². The smallest absolute Gasteiger partial charge is 0.215 e. The number of nitrogens with one attached hydrogen (secondary N) is 1. The number of rotatable bonds is 6. The summed E-state index contributed by atoms with van der Waals surface area (Å²) < 4.78 is 27.6. The van der Waals surface area contributed by atoms with E-state index in [-0.39, 0.29) is 5.75 Å². The predicted molar refractivity (Wildman–Crippen MR) is 67.4 cm³/mol. The first-order valence-corrected chi connectivity index (χ1v) is 7.79. The highest BCUT2D eigenvalue weighted by molar-refractivity contribution is 7.89. The van der Waals surface area contributed by atoms with Crippen molar-refractivity contribution < 1.29 is 8.42 Å². The average molecular weight is 273 g/mol. The minimum absolute atomic E-state index is 0.140. The van der Waals surface area contributed by atoms with Crippen molar-refractivity contribution in [1.29, 1.82) is 0 Å². The fraction of sp³-hybridized carbons (Fsp3) is 0.800. The summed E-state index contributed by atoms with van der Waals surface area (Å²) in [6.07, 6.45) is 2.65. The Bertz CT molecular complexity index is 484. The lowest BCUT2D eigenvalue weighted by molar-refractivity contribution is 0.335. The van der Waals surface area contributed by atoms with Crippen LogP contribution in [-0.2, 0) is 23.1 Å². The molecule has 8 heteroatoms. The number of hydrogen-bond donors (Lipinski definition) is 1. The lowest BCUT2D eigenvalue weighted by Crippen LogP contribution is -2.41. The van der Waals surface area contributed by atoms with Gasteiger partial charge in [0.2, 0.25) is 10.0 Å². The summed E-state index contributed by atoms with van der Waals surface area (Å²) in [5.74, 6) is 0.854. The van der Waals surface area contributed by atoms with E-state index in [9.17, 15) is 8.42 Å². The first-order valence-electron chi connectivity index (χ1n) is 6.18. The quantitative estimate of drug-likeness (QED) is 0.702. The molecule has 2 rings (SSSR count). The van der Waals surface area contributed by atoms with E-state index in [1.165, 1.54) is 4.31 Å². The molecule has 1 aliphatic rings. The summed E-state index contributed by atoms with van der Waals surface area (Å²) in [6, 6.07) is 0. The second-order valence-corrected chi connectivity index (χ2v) is 6.43. The molecular weight excluding hydrogens is 254 g/mol. The van der Waals surface area contributed by atoms with Crippen LogP contribution < -0.4 is 5.32 Å². The van der Waals surface area contributed by atoms with Gasteiger partial charge in [-0.1, -0.05) is 6.92 Å². The molecule has 1 aliphatic heterocycles. The Morgan fingerprint density at radius 1 is 1.39 bits per heavy atom. The van der Waals surface area contributed by atoms with E-state index < -0.39 is 10.0 Å². The molecule has 0 unspecified atom stereocenters. The summed E-state index contributed by atoms with van der Waals surface area (Å²) in [5.41, 5.74) is 0. The summed E-state index contributed by atoms with van der Waals surface area (Å²) in [5, 5.41) is 10.8. The minimum atomic E-state index is -3.19. The third kappa shape index (κ3) is 3.06. The van der Waals surface area contributed by atoms with Crippen LogP contribution in [0, 0.1) is 0 Å². The summed E-state index contributed by atoms with van der Waals surface area (Å²) in [6.45, 7) is 4.86. The summed E-state index contributed by atoms with van der Waals surface area (Å²) in [4.78, 5) is 0. The first kappa shape index (κ1) is 13.4. The fourth-order valence-corrected chi connectivity index (χ4v) is 3.25. The van der Waals surface area contributed by atoms with E-state index >= 15 is 0 Å². The normalized spacial score (nSPS) is 16.7. The van der Waals surface area contributed by atoms with E-state index in [2.05, 4.69) is 22.4 Å². The van der Waals surface area contributed by atoms with E-state index in [4.69, 9.17) is 0 Å². The van der Waals surface area contributed by atoms with Crippen molar-refractivity contribution in [3.8, 4) is 0 Å². The average Bonchev–Trinajstić information content (AvgIpc) is 2.82.